The lowest BCUT2D eigenvalue weighted by Crippen LogP contribution is -2.91. The first-order chi connectivity index (χ1) is 15.3. The van der Waals surface area contributed by atoms with Crippen molar-refractivity contribution in [3.05, 3.63) is 47.9 Å². The summed E-state index contributed by atoms with van der Waals surface area (Å²) in [5, 5.41) is 12.6. The van der Waals surface area contributed by atoms with Crippen molar-refractivity contribution < 1.29 is 14.8 Å². The van der Waals surface area contributed by atoms with Crippen molar-refractivity contribution in [2.45, 2.75) is 69.4 Å². The van der Waals surface area contributed by atoms with Gasteiger partial charge < -0.3 is 19.8 Å². The molecule has 7 heteroatoms. The molecule has 0 spiro atoms. The molecule has 1 aromatic carbocycles. The molecule has 4 atom stereocenters. The molecule has 0 radical (unpaired) electrons. The van der Waals surface area contributed by atoms with Gasteiger partial charge in [-0.25, -0.2) is 4.68 Å². The van der Waals surface area contributed by atoms with Gasteiger partial charge in [-0.2, -0.15) is 0 Å². The Bertz CT molecular complexity index is 1020. The van der Waals surface area contributed by atoms with Crippen LogP contribution in [0.2, 0.25) is 0 Å². The normalized spacial score (nSPS) is 29.0. The molecule has 0 bridgehead atoms. The Hall–Kier alpha value is -2.22. The van der Waals surface area contributed by atoms with Crippen LogP contribution in [0.1, 0.15) is 49.4 Å². The number of aromatic nitrogens is 4. The molecule has 2 saturated heterocycles. The molecular formula is C24H32N5O2+. The van der Waals surface area contributed by atoms with Gasteiger partial charge in [0.15, 0.2) is 0 Å². The van der Waals surface area contributed by atoms with Gasteiger partial charge >= 0.3 is 0 Å². The zero-order chi connectivity index (χ0) is 20.6. The number of H-pyrrole nitrogens is 1. The average molecular weight is 423 g/mol. The minimum absolute atomic E-state index is 0.0634. The number of para-hydroxylation sites is 1. The summed E-state index contributed by atoms with van der Waals surface area (Å²) >= 11 is 0. The van der Waals surface area contributed by atoms with Crippen molar-refractivity contribution in [1.29, 1.82) is 0 Å². The second-order valence-electron chi connectivity index (χ2n) is 9.52. The quantitative estimate of drug-likeness (QED) is 0.639. The third-order valence-corrected chi connectivity index (χ3v) is 7.50. The van der Waals surface area contributed by atoms with Gasteiger partial charge in [-0.15, -0.1) is 5.10 Å². The summed E-state index contributed by atoms with van der Waals surface area (Å²) < 4.78 is 14.4. The van der Waals surface area contributed by atoms with E-state index in [4.69, 9.17) is 9.47 Å². The van der Waals surface area contributed by atoms with Crippen molar-refractivity contribution >= 4 is 10.9 Å². The molecule has 2 aromatic heterocycles. The van der Waals surface area contributed by atoms with Crippen LogP contribution in [0, 0.1) is 5.92 Å². The van der Waals surface area contributed by atoms with E-state index in [9.17, 15) is 0 Å². The van der Waals surface area contributed by atoms with Gasteiger partial charge in [0, 0.05) is 28.9 Å². The maximum atomic E-state index is 6.22. The zero-order valence-corrected chi connectivity index (χ0v) is 18.0. The van der Waals surface area contributed by atoms with Gasteiger partial charge in [0.2, 0.25) is 0 Å². The molecule has 0 amide bonds. The number of hydrogen-bond acceptors (Lipinski definition) is 4. The molecule has 0 unspecified atom stereocenters. The number of nitrogens with zero attached hydrogens (tertiary/aromatic N) is 3. The second kappa shape index (κ2) is 8.37. The van der Waals surface area contributed by atoms with Gasteiger partial charge in [0.25, 0.3) is 0 Å². The molecule has 3 fully saturated rings. The van der Waals surface area contributed by atoms with Crippen molar-refractivity contribution in [2.24, 2.45) is 5.92 Å². The lowest BCUT2D eigenvalue weighted by atomic mass is 9.86. The van der Waals surface area contributed by atoms with E-state index < -0.39 is 0 Å². The highest BCUT2D eigenvalue weighted by molar-refractivity contribution is 5.82. The van der Waals surface area contributed by atoms with Crippen molar-refractivity contribution in [2.75, 3.05) is 13.2 Å². The van der Waals surface area contributed by atoms with Crippen LogP contribution in [0.3, 0.4) is 0 Å². The minimum Gasteiger partial charge on any atom is -0.367 e. The monoisotopic (exact) mass is 422 g/mol. The van der Waals surface area contributed by atoms with Crippen molar-refractivity contribution in [3.63, 3.8) is 0 Å². The van der Waals surface area contributed by atoms with Crippen LogP contribution < -0.4 is 5.32 Å². The van der Waals surface area contributed by atoms with E-state index in [1.807, 2.05) is 4.68 Å². The number of nitrogens with one attached hydrogen (secondary N) is 1. The number of quaternary nitrogens is 1. The molecule has 3 N–H and O–H groups in total. The largest absolute Gasteiger partial charge is 0.367 e. The smallest absolute Gasteiger partial charge is 0.140 e. The number of fused-ring (bicyclic) bond motifs is 2. The highest BCUT2D eigenvalue weighted by Crippen LogP contribution is 2.33. The second-order valence-corrected chi connectivity index (χ2v) is 9.52. The maximum absolute atomic E-state index is 6.22. The van der Waals surface area contributed by atoms with E-state index in [-0.39, 0.29) is 18.2 Å². The molecule has 1 saturated carbocycles. The average Bonchev–Trinajstić information content (AvgIpc) is 3.58. The van der Waals surface area contributed by atoms with Crippen LogP contribution in [0.4, 0.5) is 0 Å². The van der Waals surface area contributed by atoms with Crippen LogP contribution in [-0.4, -0.2) is 51.4 Å². The van der Waals surface area contributed by atoms with Crippen LogP contribution in [0.5, 0.6) is 0 Å². The van der Waals surface area contributed by atoms with Crippen LogP contribution in [0.25, 0.3) is 10.9 Å². The summed E-state index contributed by atoms with van der Waals surface area (Å²) in [6.45, 7) is 2.29. The molecule has 1 aliphatic carbocycles. The highest BCUT2D eigenvalue weighted by Gasteiger charge is 2.50. The Kier molecular flexibility index (Phi) is 5.26. The molecule has 164 valence electrons. The Morgan fingerprint density at radius 3 is 2.87 bits per heavy atom. The van der Waals surface area contributed by atoms with Gasteiger partial charge in [-0.1, -0.05) is 55.5 Å². The van der Waals surface area contributed by atoms with E-state index in [1.54, 1.807) is 0 Å². The summed E-state index contributed by atoms with van der Waals surface area (Å²) in [5.74, 6) is 0.776. The number of hydrogen-bond donors (Lipinski definition) is 2. The Balaban J connectivity index is 1.08. The predicted octanol–water partition coefficient (Wildman–Crippen LogP) is 2.35. The molecule has 4 heterocycles. The van der Waals surface area contributed by atoms with Crippen molar-refractivity contribution in [1.82, 2.24) is 20.0 Å². The van der Waals surface area contributed by atoms with E-state index in [0.717, 1.165) is 31.2 Å². The lowest BCUT2D eigenvalue weighted by molar-refractivity contribution is -0.707. The summed E-state index contributed by atoms with van der Waals surface area (Å²) in [5.41, 5.74) is 3.65. The van der Waals surface area contributed by atoms with E-state index in [0.29, 0.717) is 12.6 Å². The number of rotatable bonds is 6. The minimum atomic E-state index is 0.0634. The Morgan fingerprint density at radius 1 is 1.06 bits per heavy atom. The third kappa shape index (κ3) is 3.79. The first-order valence-corrected chi connectivity index (χ1v) is 11.9. The summed E-state index contributed by atoms with van der Waals surface area (Å²) in [4.78, 5) is 3.37. The summed E-state index contributed by atoms with van der Waals surface area (Å²) in [7, 11) is 0. The van der Waals surface area contributed by atoms with Gasteiger partial charge in [-0.3, -0.25) is 0 Å². The fraction of sp³-hybridized carbons (Fsp3) is 0.583. The molecule has 31 heavy (non-hydrogen) atoms. The van der Waals surface area contributed by atoms with E-state index in [1.165, 1.54) is 48.6 Å². The Morgan fingerprint density at radius 2 is 1.94 bits per heavy atom. The zero-order valence-electron chi connectivity index (χ0n) is 18.0. The first kappa shape index (κ1) is 19.5. The van der Waals surface area contributed by atoms with Gasteiger partial charge in [-0.05, 0) is 18.4 Å². The SMILES string of the molecule is c1ccc2c(C[NH2+][C@H]3CO[C@H]4[C@@H]3OC[C@@H]4n3cc(CC4CCCCC4)nn3)c[nH]c2c1. The number of ether oxygens (including phenoxy) is 2. The van der Waals surface area contributed by atoms with Crippen LogP contribution >= 0.6 is 0 Å². The molecule has 3 aromatic rings. The van der Waals surface area contributed by atoms with Crippen LogP contribution in [-0.2, 0) is 22.4 Å². The standard InChI is InChI=1S/C24H31N5O2/c1-2-6-16(7-3-1)10-18-13-29(28-27-18)22-15-31-23-21(14-30-24(22)23)26-12-17-11-25-20-9-5-4-8-19(17)20/h4-5,8-9,11,13,16,21-26H,1-3,6-7,10,12,14-15H2/p+1/t21-,22-,23+,24+/m0/s1. The van der Waals surface area contributed by atoms with Gasteiger partial charge in [0.05, 0.1) is 12.3 Å². The number of nitrogens with two attached hydrogens (primary N) is 1. The van der Waals surface area contributed by atoms with Crippen LogP contribution in [0.15, 0.2) is 36.7 Å². The molecular weight excluding hydrogens is 390 g/mol. The fourth-order valence-electron chi connectivity index (χ4n) is 5.77. The van der Waals surface area contributed by atoms with Crippen molar-refractivity contribution in [3.8, 4) is 0 Å². The number of aromatic amines is 1. The molecule has 2 aliphatic heterocycles. The predicted molar refractivity (Wildman–Crippen MR) is 117 cm³/mol. The summed E-state index contributed by atoms with van der Waals surface area (Å²) in [6, 6.07) is 8.91. The van der Waals surface area contributed by atoms with E-state index in [2.05, 4.69) is 57.3 Å². The number of benzene rings is 1. The fourth-order valence-corrected chi connectivity index (χ4v) is 5.77. The highest BCUT2D eigenvalue weighted by atomic mass is 16.6. The molecule has 7 nitrogen and oxygen atoms in total. The lowest BCUT2D eigenvalue weighted by Gasteiger charge is -2.20. The topological polar surface area (TPSA) is 81.6 Å². The third-order valence-electron chi connectivity index (χ3n) is 7.50. The molecule has 6 rings (SSSR count). The first-order valence-electron chi connectivity index (χ1n) is 11.9. The molecule has 3 aliphatic rings. The van der Waals surface area contributed by atoms with E-state index >= 15 is 0 Å². The maximum Gasteiger partial charge on any atom is 0.140 e. The van der Waals surface area contributed by atoms with Gasteiger partial charge in [0.1, 0.15) is 37.4 Å². The summed E-state index contributed by atoms with van der Waals surface area (Å²) in [6.07, 6.45) is 12.3. The Labute approximate surface area is 182 Å².